The van der Waals surface area contributed by atoms with E-state index in [0.717, 1.165) is 41.7 Å². The number of ether oxygens (including phenoxy) is 3. The molecule has 3 aromatic rings. The number of carbonyl (C=O) groups excluding carboxylic acids is 2. The molecule has 0 radical (unpaired) electrons. The van der Waals surface area contributed by atoms with E-state index in [-0.39, 0.29) is 24.8 Å². The molecule has 0 aliphatic heterocycles. The molecule has 0 fully saturated rings. The van der Waals surface area contributed by atoms with Crippen LogP contribution in [-0.4, -0.2) is 44.6 Å². The lowest BCUT2D eigenvalue weighted by Crippen LogP contribution is -2.44. The van der Waals surface area contributed by atoms with E-state index in [4.69, 9.17) is 14.2 Å². The quantitative estimate of drug-likeness (QED) is 0.260. The molecule has 0 saturated carbocycles. The van der Waals surface area contributed by atoms with Crippen LogP contribution >= 0.6 is 0 Å². The molecule has 0 aromatic heterocycles. The van der Waals surface area contributed by atoms with Crippen LogP contribution in [0.3, 0.4) is 0 Å². The molecule has 0 unspecified atom stereocenters. The monoisotopic (exact) mass is 556 g/mol. The molecule has 0 bridgehead atoms. The fraction of sp³-hybridized carbons (Fsp3) is 0.353. The average Bonchev–Trinajstić information content (AvgIpc) is 3.02. The molecule has 216 valence electrons. The number of methoxy groups -OCH3 is 3. The Morgan fingerprint density at radius 1 is 0.854 bits per heavy atom. The third-order valence-corrected chi connectivity index (χ3v) is 7.44. The Morgan fingerprint density at radius 2 is 1.59 bits per heavy atom. The van der Waals surface area contributed by atoms with Crippen LogP contribution in [0.4, 0.5) is 0 Å². The summed E-state index contributed by atoms with van der Waals surface area (Å²) in [5, 5.41) is 3.13. The maximum atomic E-state index is 14.1. The summed E-state index contributed by atoms with van der Waals surface area (Å²) in [5.74, 6) is 1.50. The number of rotatable bonds is 13. The second-order valence-corrected chi connectivity index (χ2v) is 10.2. The van der Waals surface area contributed by atoms with Crippen molar-refractivity contribution in [3.8, 4) is 17.2 Å². The van der Waals surface area contributed by atoms with Gasteiger partial charge < -0.3 is 24.4 Å². The van der Waals surface area contributed by atoms with Gasteiger partial charge in [-0.05, 0) is 73.1 Å². The summed E-state index contributed by atoms with van der Waals surface area (Å²) in [4.78, 5) is 29.6. The summed E-state index contributed by atoms with van der Waals surface area (Å²) in [6.45, 7) is 0.794. The van der Waals surface area contributed by atoms with E-state index in [1.807, 2.05) is 60.7 Å². The third kappa shape index (κ3) is 8.13. The second kappa shape index (κ2) is 14.9. The predicted molar refractivity (Wildman–Crippen MR) is 160 cm³/mol. The van der Waals surface area contributed by atoms with Crippen molar-refractivity contribution in [1.82, 2.24) is 10.2 Å². The Morgan fingerprint density at radius 3 is 2.24 bits per heavy atom. The topological polar surface area (TPSA) is 77.1 Å². The number of hydrogen-bond acceptors (Lipinski definition) is 5. The van der Waals surface area contributed by atoms with E-state index in [2.05, 4.69) is 11.4 Å². The minimum Gasteiger partial charge on any atom is -0.497 e. The molecule has 0 spiro atoms. The Kier molecular flexibility index (Phi) is 10.8. The minimum atomic E-state index is -0.800. The molecular formula is C34H40N2O5. The molecule has 7 nitrogen and oxygen atoms in total. The van der Waals surface area contributed by atoms with Gasteiger partial charge in [0.15, 0.2) is 11.5 Å². The van der Waals surface area contributed by atoms with Crippen molar-refractivity contribution in [2.24, 2.45) is 0 Å². The van der Waals surface area contributed by atoms with Crippen molar-refractivity contribution >= 4 is 11.8 Å². The first-order valence-corrected chi connectivity index (χ1v) is 14.2. The van der Waals surface area contributed by atoms with Crippen LogP contribution in [0.2, 0.25) is 0 Å². The number of nitrogens with zero attached hydrogens (tertiary/aromatic N) is 1. The standard InChI is InChI=1S/C34H40N2O5/c1-39-29-17-14-26(15-18-29)24-36(32(37)23-27-16-19-30(40-2)31(22-27)41-3)33(28-12-8-5-9-13-28)34(38)35-21-20-25-10-6-4-7-11-25/h5,8-10,12-19,22,33H,4,6-7,11,20-21,23-24H2,1-3H3,(H,35,38)/t33-/m0/s1. The lowest BCUT2D eigenvalue weighted by Gasteiger charge is -2.32. The van der Waals surface area contributed by atoms with E-state index in [9.17, 15) is 9.59 Å². The van der Waals surface area contributed by atoms with E-state index in [1.54, 1.807) is 38.4 Å². The SMILES string of the molecule is COc1ccc(CN(C(=O)Cc2ccc(OC)c(OC)c2)[C@H](C(=O)NCCC2=CCCCC2)c2ccccc2)cc1. The molecule has 7 heteroatoms. The fourth-order valence-corrected chi connectivity index (χ4v) is 5.20. The van der Waals surface area contributed by atoms with Gasteiger partial charge in [0.2, 0.25) is 11.8 Å². The highest BCUT2D eigenvalue weighted by molar-refractivity contribution is 5.89. The smallest absolute Gasteiger partial charge is 0.247 e. The number of carbonyl (C=O) groups is 2. The van der Waals surface area contributed by atoms with Crippen LogP contribution in [0.1, 0.15) is 54.8 Å². The van der Waals surface area contributed by atoms with Gasteiger partial charge in [0.05, 0.1) is 27.8 Å². The first-order valence-electron chi connectivity index (χ1n) is 14.2. The van der Waals surface area contributed by atoms with Gasteiger partial charge in [0.25, 0.3) is 0 Å². The number of nitrogens with one attached hydrogen (secondary N) is 1. The maximum Gasteiger partial charge on any atom is 0.247 e. The van der Waals surface area contributed by atoms with Crippen molar-refractivity contribution in [1.29, 1.82) is 0 Å². The number of benzene rings is 3. The summed E-state index contributed by atoms with van der Waals surface area (Å²) in [7, 11) is 4.76. The molecule has 41 heavy (non-hydrogen) atoms. The average molecular weight is 557 g/mol. The molecule has 1 atom stereocenters. The third-order valence-electron chi connectivity index (χ3n) is 7.44. The van der Waals surface area contributed by atoms with Gasteiger partial charge in [-0.3, -0.25) is 9.59 Å². The highest BCUT2D eigenvalue weighted by atomic mass is 16.5. The second-order valence-electron chi connectivity index (χ2n) is 10.2. The van der Waals surface area contributed by atoms with Crippen molar-refractivity contribution in [2.45, 2.75) is 51.1 Å². The van der Waals surface area contributed by atoms with Gasteiger partial charge in [-0.2, -0.15) is 0 Å². The van der Waals surface area contributed by atoms with Crippen LogP contribution in [0.5, 0.6) is 17.2 Å². The normalized spacial score (nSPS) is 13.5. The minimum absolute atomic E-state index is 0.0972. The van der Waals surface area contributed by atoms with Gasteiger partial charge >= 0.3 is 0 Å². The Labute approximate surface area is 243 Å². The zero-order valence-corrected chi connectivity index (χ0v) is 24.2. The van der Waals surface area contributed by atoms with E-state index in [0.29, 0.717) is 18.0 Å². The lowest BCUT2D eigenvalue weighted by atomic mass is 9.97. The highest BCUT2D eigenvalue weighted by Crippen LogP contribution is 2.30. The zero-order valence-electron chi connectivity index (χ0n) is 24.2. The summed E-state index contributed by atoms with van der Waals surface area (Å²) < 4.78 is 16.1. The Hall–Kier alpha value is -4.26. The Balaban J connectivity index is 1.63. The Bertz CT molecular complexity index is 1320. The number of allylic oxidation sites excluding steroid dienone is 1. The van der Waals surface area contributed by atoms with E-state index in [1.165, 1.54) is 18.4 Å². The van der Waals surface area contributed by atoms with Crippen molar-refractivity contribution in [3.05, 3.63) is 101 Å². The summed E-state index contributed by atoms with van der Waals surface area (Å²) in [6, 6.07) is 21.7. The van der Waals surface area contributed by atoms with Crippen LogP contribution in [0.15, 0.2) is 84.4 Å². The van der Waals surface area contributed by atoms with E-state index < -0.39 is 6.04 Å². The number of amides is 2. The van der Waals surface area contributed by atoms with Crippen LogP contribution in [-0.2, 0) is 22.6 Å². The molecule has 0 heterocycles. The molecule has 3 aromatic carbocycles. The maximum absolute atomic E-state index is 14.1. The van der Waals surface area contributed by atoms with Gasteiger partial charge in [-0.1, -0.05) is 60.2 Å². The molecule has 0 saturated heterocycles. The van der Waals surface area contributed by atoms with Gasteiger partial charge in [0.1, 0.15) is 11.8 Å². The molecule has 2 amide bonds. The first-order chi connectivity index (χ1) is 20.0. The molecular weight excluding hydrogens is 516 g/mol. The summed E-state index contributed by atoms with van der Waals surface area (Å²) >= 11 is 0. The van der Waals surface area contributed by atoms with Gasteiger partial charge in [-0.15, -0.1) is 0 Å². The van der Waals surface area contributed by atoms with Crippen LogP contribution < -0.4 is 19.5 Å². The fourth-order valence-electron chi connectivity index (χ4n) is 5.20. The summed E-state index contributed by atoms with van der Waals surface area (Å²) in [5.41, 5.74) is 3.82. The van der Waals surface area contributed by atoms with E-state index >= 15 is 0 Å². The number of hydrogen-bond donors (Lipinski definition) is 1. The van der Waals surface area contributed by atoms with Gasteiger partial charge in [-0.25, -0.2) is 0 Å². The lowest BCUT2D eigenvalue weighted by molar-refractivity contribution is -0.141. The van der Waals surface area contributed by atoms with Crippen molar-refractivity contribution in [2.75, 3.05) is 27.9 Å². The first kappa shape index (κ1) is 29.7. The molecule has 1 aliphatic carbocycles. The van der Waals surface area contributed by atoms with Gasteiger partial charge in [0, 0.05) is 13.1 Å². The largest absolute Gasteiger partial charge is 0.497 e. The molecule has 1 N–H and O–H groups in total. The predicted octanol–water partition coefficient (Wildman–Crippen LogP) is 6.03. The van der Waals surface area contributed by atoms with Crippen molar-refractivity contribution < 1.29 is 23.8 Å². The summed E-state index contributed by atoms with van der Waals surface area (Å²) in [6.07, 6.45) is 7.85. The molecule has 4 rings (SSSR count). The highest BCUT2D eigenvalue weighted by Gasteiger charge is 2.31. The van der Waals surface area contributed by atoms with Crippen molar-refractivity contribution in [3.63, 3.8) is 0 Å². The zero-order chi connectivity index (χ0) is 29.0. The van der Waals surface area contributed by atoms with Crippen LogP contribution in [0.25, 0.3) is 0 Å². The molecule has 1 aliphatic rings. The van der Waals surface area contributed by atoms with Crippen LogP contribution in [0, 0.1) is 0 Å².